The van der Waals surface area contributed by atoms with Gasteiger partial charge in [-0.25, -0.2) is 21.6 Å². The van der Waals surface area contributed by atoms with Crippen molar-refractivity contribution in [1.29, 1.82) is 0 Å². The molecule has 17 heteroatoms. The van der Waals surface area contributed by atoms with E-state index in [-0.39, 0.29) is 0 Å². The monoisotopic (exact) mass is 414 g/mol. The first-order chi connectivity index (χ1) is 8.71. The Bertz CT molecular complexity index is 559. The molecule has 128 valence electrons. The van der Waals surface area contributed by atoms with E-state index in [0.29, 0.717) is 0 Å². The van der Waals surface area contributed by atoms with Crippen molar-refractivity contribution in [3.63, 3.8) is 0 Å². The quantitative estimate of drug-likeness (QED) is 0.493. The molecule has 0 aliphatic carbocycles. The van der Waals surface area contributed by atoms with Gasteiger partial charge < -0.3 is 0 Å². The summed E-state index contributed by atoms with van der Waals surface area (Å²) in [4.78, 5) is 0. The van der Waals surface area contributed by atoms with E-state index in [2.05, 4.69) is 21.4 Å². The number of alkyl halides is 8. The van der Waals surface area contributed by atoms with Crippen LogP contribution in [0, 0.1) is 0 Å². The minimum atomic E-state index is -6.82. The van der Waals surface area contributed by atoms with Gasteiger partial charge in [-0.1, -0.05) is 0 Å². The molecule has 5 nitrogen and oxygen atoms in total. The summed E-state index contributed by atoms with van der Waals surface area (Å²) < 4.78 is 143. The summed E-state index contributed by atoms with van der Waals surface area (Å²) in [5, 5.41) is -13.2. The van der Waals surface area contributed by atoms with Gasteiger partial charge in [0.25, 0.3) is 0 Å². The second-order valence-corrected chi connectivity index (χ2v) is 8.26. The maximum absolute atomic E-state index is 12.6. The molecule has 0 unspecified atom stereocenters. The Morgan fingerprint density at radius 2 is 0.810 bits per heavy atom. The molecule has 0 radical (unpaired) electrons. The van der Waals surface area contributed by atoms with Crippen LogP contribution in [-0.2, 0) is 22.8 Å². The first kappa shape index (κ1) is 20.9. The maximum Gasteiger partial charge on any atom is 0.449 e. The van der Waals surface area contributed by atoms with Crippen molar-refractivity contribution in [2.24, 2.45) is 0 Å². The zero-order valence-electron chi connectivity index (χ0n) is 8.64. The lowest BCUT2D eigenvalue weighted by Gasteiger charge is -2.30. The zero-order chi connectivity index (χ0) is 17.7. The number of hydrogen-bond acceptors (Lipinski definition) is 5. The Hall–Kier alpha value is -0.120. The zero-order valence-corrected chi connectivity index (χ0v) is 11.8. The van der Waals surface area contributed by atoms with Gasteiger partial charge in [0.2, 0.25) is 0 Å². The molecule has 0 atom stereocenters. The Labute approximate surface area is 119 Å². The van der Waals surface area contributed by atoms with Crippen LogP contribution in [0.5, 0.6) is 0 Å². The Kier molecular flexibility index (Phi) is 5.18. The second-order valence-electron chi connectivity index (χ2n) is 3.04. The molecule has 0 aliphatic rings. The summed E-state index contributed by atoms with van der Waals surface area (Å²) >= 11 is 0. The first-order valence-electron chi connectivity index (χ1n) is 3.80. The molecule has 0 bridgehead atoms. The Morgan fingerprint density at radius 3 is 0.952 bits per heavy atom. The molecule has 0 aromatic heterocycles. The minimum absolute atomic E-state index is 1.71. The van der Waals surface area contributed by atoms with E-state index in [1.165, 1.54) is 0 Å². The van der Waals surface area contributed by atoms with Crippen LogP contribution in [0.4, 0.5) is 35.1 Å². The molecule has 0 fully saturated rings. The number of rotatable bonds is 6. The number of halogens is 10. The van der Waals surface area contributed by atoms with E-state index in [1.54, 1.807) is 4.74 Å². The highest BCUT2D eigenvalue weighted by atomic mass is 35.7. The lowest BCUT2D eigenvalue weighted by atomic mass is 10.6. The van der Waals surface area contributed by atoms with E-state index >= 15 is 0 Å². The Morgan fingerprint density at radius 1 is 0.619 bits per heavy atom. The molecule has 0 rings (SSSR count). The van der Waals surface area contributed by atoms with Crippen LogP contribution in [0.2, 0.25) is 0 Å². The van der Waals surface area contributed by atoms with Gasteiger partial charge >= 0.3 is 40.8 Å². The van der Waals surface area contributed by atoms with Crippen LogP contribution in [0.3, 0.4) is 0 Å². The standard InChI is InChI=1S/C4Cl2F8O5S2/c5-20(15,16)3(11,12)1(7,8)19-2(9,10)4(13,14)21(6,17)18. The molecule has 21 heavy (non-hydrogen) atoms. The molecule has 0 heterocycles. The largest absolute Gasteiger partial charge is 0.449 e. The summed E-state index contributed by atoms with van der Waals surface area (Å²) in [5.74, 6) is 0. The Balaban J connectivity index is 5.87. The fourth-order valence-electron chi connectivity index (χ4n) is 0.564. The van der Waals surface area contributed by atoms with Gasteiger partial charge in [0.1, 0.15) is 0 Å². The molecule has 0 amide bonds. The van der Waals surface area contributed by atoms with Gasteiger partial charge in [0.15, 0.2) is 0 Å². The normalized spacial score (nSPS) is 16.1. The van der Waals surface area contributed by atoms with E-state index in [4.69, 9.17) is 0 Å². The molecule has 0 aromatic carbocycles. The predicted octanol–water partition coefficient (Wildman–Crippen LogP) is 2.51. The highest BCUT2D eigenvalue weighted by molar-refractivity contribution is 8.14. The number of hydrogen-bond donors (Lipinski definition) is 0. The molecule has 0 saturated heterocycles. The van der Waals surface area contributed by atoms with Crippen LogP contribution >= 0.6 is 21.4 Å². The first-order valence-corrected chi connectivity index (χ1v) is 8.42. The van der Waals surface area contributed by atoms with Crippen molar-refractivity contribution in [3.8, 4) is 0 Å². The SMILES string of the molecule is O=S(=O)(Cl)C(F)(F)C(F)(F)OC(F)(F)C(F)(F)S(=O)(=O)Cl. The summed E-state index contributed by atoms with van der Waals surface area (Å²) in [5.41, 5.74) is 0. The van der Waals surface area contributed by atoms with Crippen molar-refractivity contribution in [2.75, 3.05) is 0 Å². The third-order valence-corrected chi connectivity index (χ3v) is 4.41. The predicted molar refractivity (Wildman–Crippen MR) is 50.4 cm³/mol. The molecular formula is C4Cl2F8O5S2. The van der Waals surface area contributed by atoms with Crippen LogP contribution in [-0.4, -0.2) is 39.6 Å². The molecule has 0 aliphatic heterocycles. The topological polar surface area (TPSA) is 77.5 Å². The summed E-state index contributed by atoms with van der Waals surface area (Å²) in [6, 6.07) is 0. The molecule has 0 N–H and O–H groups in total. The fraction of sp³-hybridized carbons (Fsp3) is 1.00. The smallest absolute Gasteiger partial charge is 0.244 e. The van der Waals surface area contributed by atoms with Crippen LogP contribution in [0.25, 0.3) is 0 Å². The van der Waals surface area contributed by atoms with Crippen molar-refractivity contribution >= 4 is 39.5 Å². The minimum Gasteiger partial charge on any atom is -0.244 e. The maximum atomic E-state index is 12.6. The van der Waals surface area contributed by atoms with Crippen molar-refractivity contribution in [1.82, 2.24) is 0 Å². The molecule has 0 saturated carbocycles. The van der Waals surface area contributed by atoms with Crippen molar-refractivity contribution in [2.45, 2.75) is 22.7 Å². The summed E-state index contributed by atoms with van der Waals surface area (Å²) in [6.07, 6.45) is -13.6. The van der Waals surface area contributed by atoms with Gasteiger partial charge in [-0.05, 0) is 0 Å². The van der Waals surface area contributed by atoms with Crippen LogP contribution in [0.1, 0.15) is 0 Å². The van der Waals surface area contributed by atoms with Gasteiger partial charge in [-0.2, -0.15) is 35.1 Å². The highest BCUT2D eigenvalue weighted by Crippen LogP contribution is 2.49. The van der Waals surface area contributed by atoms with Crippen LogP contribution < -0.4 is 0 Å². The van der Waals surface area contributed by atoms with Gasteiger partial charge in [0, 0.05) is 21.4 Å². The lowest BCUT2D eigenvalue weighted by Crippen LogP contribution is -2.56. The van der Waals surface area contributed by atoms with Gasteiger partial charge in [-0.15, -0.1) is 0 Å². The second kappa shape index (κ2) is 5.21. The van der Waals surface area contributed by atoms with E-state index in [1.807, 2.05) is 0 Å². The van der Waals surface area contributed by atoms with E-state index in [0.717, 1.165) is 0 Å². The lowest BCUT2D eigenvalue weighted by molar-refractivity contribution is -0.441. The van der Waals surface area contributed by atoms with E-state index in [9.17, 15) is 52.0 Å². The van der Waals surface area contributed by atoms with Gasteiger partial charge in [-0.3, -0.25) is 0 Å². The molecule has 0 spiro atoms. The third-order valence-electron chi connectivity index (χ3n) is 1.55. The highest BCUT2D eigenvalue weighted by Gasteiger charge is 2.76. The fourth-order valence-corrected chi connectivity index (χ4v) is 1.75. The summed E-state index contributed by atoms with van der Waals surface area (Å²) in [6.45, 7) is 0. The number of ether oxygens (including phenoxy) is 1. The average molecular weight is 415 g/mol. The average Bonchev–Trinajstić information content (AvgIpc) is 2.11. The van der Waals surface area contributed by atoms with E-state index < -0.39 is 40.8 Å². The van der Waals surface area contributed by atoms with Gasteiger partial charge in [0.05, 0.1) is 0 Å². The molecular weight excluding hydrogens is 415 g/mol. The van der Waals surface area contributed by atoms with Crippen LogP contribution in [0.15, 0.2) is 0 Å². The summed E-state index contributed by atoms with van der Waals surface area (Å²) in [7, 11) is -5.56. The third kappa shape index (κ3) is 3.62. The molecule has 0 aromatic rings. The van der Waals surface area contributed by atoms with Crippen molar-refractivity contribution < 1.29 is 56.7 Å². The van der Waals surface area contributed by atoms with Crippen molar-refractivity contribution in [3.05, 3.63) is 0 Å².